The van der Waals surface area contributed by atoms with Gasteiger partial charge >= 0.3 is 0 Å². The van der Waals surface area contributed by atoms with Crippen LogP contribution in [-0.4, -0.2) is 69.1 Å². The van der Waals surface area contributed by atoms with Gasteiger partial charge in [0.25, 0.3) is 0 Å². The van der Waals surface area contributed by atoms with E-state index < -0.39 is 30.4 Å². The van der Waals surface area contributed by atoms with E-state index in [4.69, 9.17) is 10.2 Å². The van der Waals surface area contributed by atoms with Crippen LogP contribution in [-0.2, 0) is 0 Å². The van der Waals surface area contributed by atoms with Gasteiger partial charge in [0, 0.05) is 0 Å². The van der Waals surface area contributed by atoms with E-state index in [2.05, 4.69) is 5.32 Å². The molecule has 0 aromatic heterocycles. The molecule has 1 saturated heterocycles. The minimum atomic E-state index is -1.34. The molecule has 5 atom stereocenters. The lowest BCUT2D eigenvalue weighted by Gasteiger charge is -2.40. The molecule has 0 spiro atoms. The van der Waals surface area contributed by atoms with Gasteiger partial charge in [-0.05, 0) is 0 Å². The minimum Gasteiger partial charge on any atom is -0.395 e. The van der Waals surface area contributed by atoms with E-state index in [1.807, 2.05) is 0 Å². The van der Waals surface area contributed by atoms with Crippen molar-refractivity contribution >= 4 is 0 Å². The number of hydrogen-bond donors (Lipinski definition) is 6. The number of hydrogen-bond acceptors (Lipinski definition) is 6. The molecule has 6 heteroatoms. The fourth-order valence-corrected chi connectivity index (χ4v) is 1.47. The van der Waals surface area contributed by atoms with Crippen molar-refractivity contribution in [2.24, 2.45) is 0 Å². The lowest BCUT2D eigenvalue weighted by Crippen LogP contribution is -2.66. The first-order chi connectivity index (χ1) is 6.11. The van der Waals surface area contributed by atoms with E-state index in [9.17, 15) is 15.3 Å². The van der Waals surface area contributed by atoms with Gasteiger partial charge in [-0.15, -0.1) is 0 Å². The fourth-order valence-electron chi connectivity index (χ4n) is 1.47. The maximum absolute atomic E-state index is 9.31. The number of piperidine rings is 1. The number of nitrogens with one attached hydrogen (secondary N) is 1. The molecule has 0 aromatic rings. The predicted molar refractivity (Wildman–Crippen MR) is 42.9 cm³/mol. The lowest BCUT2D eigenvalue weighted by molar-refractivity contribution is -0.125. The van der Waals surface area contributed by atoms with Crippen molar-refractivity contribution in [3.63, 3.8) is 0 Å². The smallest absolute Gasteiger partial charge is 0.109 e. The Morgan fingerprint density at radius 3 is 1.46 bits per heavy atom. The summed E-state index contributed by atoms with van der Waals surface area (Å²) in [5.74, 6) is 0. The second-order valence-electron chi connectivity index (χ2n) is 3.22. The number of rotatable bonds is 2. The maximum atomic E-state index is 9.31. The first-order valence-corrected chi connectivity index (χ1v) is 4.13. The van der Waals surface area contributed by atoms with Crippen LogP contribution in [0.1, 0.15) is 0 Å². The highest BCUT2D eigenvalue weighted by Gasteiger charge is 2.41. The molecule has 1 rings (SSSR count). The average Bonchev–Trinajstić information content (AvgIpc) is 2.15. The highest BCUT2D eigenvalue weighted by atomic mass is 16.4. The third-order valence-electron chi connectivity index (χ3n) is 2.35. The summed E-state index contributed by atoms with van der Waals surface area (Å²) in [4.78, 5) is 0. The number of aliphatic hydroxyl groups is 5. The first kappa shape index (κ1) is 10.8. The minimum absolute atomic E-state index is 0.360. The van der Waals surface area contributed by atoms with Crippen molar-refractivity contribution < 1.29 is 25.5 Å². The zero-order valence-electron chi connectivity index (χ0n) is 7.04. The summed E-state index contributed by atoms with van der Waals surface area (Å²) in [7, 11) is 0. The van der Waals surface area contributed by atoms with Crippen molar-refractivity contribution in [3.05, 3.63) is 0 Å². The van der Waals surface area contributed by atoms with Crippen molar-refractivity contribution in [2.75, 3.05) is 13.2 Å². The Balaban J connectivity index is 2.66. The monoisotopic (exact) mass is 193 g/mol. The molecule has 0 bridgehead atoms. The van der Waals surface area contributed by atoms with Gasteiger partial charge in [-0.1, -0.05) is 0 Å². The normalized spacial score (nSPS) is 46.4. The SMILES string of the molecule is OC[C@H]1N[C@H](CO)[C@@H](O)[C@@H](O)[C@H]1O. The predicted octanol–water partition coefficient (Wildman–Crippen LogP) is -3.61. The molecular weight excluding hydrogens is 178 g/mol. The van der Waals surface area contributed by atoms with Crippen LogP contribution >= 0.6 is 0 Å². The van der Waals surface area contributed by atoms with Crippen LogP contribution in [0.2, 0.25) is 0 Å². The summed E-state index contributed by atoms with van der Waals surface area (Å²) < 4.78 is 0. The van der Waals surface area contributed by atoms with E-state index in [1.54, 1.807) is 0 Å². The van der Waals surface area contributed by atoms with Crippen LogP contribution in [0.4, 0.5) is 0 Å². The van der Waals surface area contributed by atoms with Crippen LogP contribution in [0, 0.1) is 0 Å². The summed E-state index contributed by atoms with van der Waals surface area (Å²) in [5.41, 5.74) is 0. The van der Waals surface area contributed by atoms with Gasteiger partial charge in [-0.3, -0.25) is 0 Å². The highest BCUT2D eigenvalue weighted by molar-refractivity contribution is 4.97. The van der Waals surface area contributed by atoms with Crippen LogP contribution in [0.3, 0.4) is 0 Å². The first-order valence-electron chi connectivity index (χ1n) is 4.13. The van der Waals surface area contributed by atoms with Crippen molar-refractivity contribution in [1.29, 1.82) is 0 Å². The summed E-state index contributed by atoms with van der Waals surface area (Å²) in [5, 5.41) is 48.1. The van der Waals surface area contributed by atoms with Crippen molar-refractivity contribution in [1.82, 2.24) is 5.32 Å². The van der Waals surface area contributed by atoms with Crippen molar-refractivity contribution in [2.45, 2.75) is 30.4 Å². The lowest BCUT2D eigenvalue weighted by atomic mass is 9.91. The van der Waals surface area contributed by atoms with E-state index in [0.29, 0.717) is 0 Å². The molecule has 1 fully saturated rings. The Labute approximate surface area is 75.4 Å². The number of aliphatic hydroxyl groups excluding tert-OH is 5. The maximum Gasteiger partial charge on any atom is 0.109 e. The van der Waals surface area contributed by atoms with Crippen LogP contribution in [0.5, 0.6) is 0 Å². The quantitative estimate of drug-likeness (QED) is 0.270. The molecule has 0 unspecified atom stereocenters. The molecule has 0 aliphatic carbocycles. The molecular formula is C7H15NO5. The van der Waals surface area contributed by atoms with Crippen LogP contribution in [0.25, 0.3) is 0 Å². The van der Waals surface area contributed by atoms with Gasteiger partial charge in [-0.2, -0.15) is 0 Å². The van der Waals surface area contributed by atoms with Crippen LogP contribution < -0.4 is 5.32 Å². The molecule has 1 heterocycles. The molecule has 6 N–H and O–H groups in total. The zero-order chi connectivity index (χ0) is 10.0. The topological polar surface area (TPSA) is 113 Å². The zero-order valence-corrected chi connectivity index (χ0v) is 7.04. The third kappa shape index (κ3) is 1.98. The summed E-state index contributed by atoms with van der Waals surface area (Å²) in [6, 6.07) is -1.42. The van der Waals surface area contributed by atoms with Gasteiger partial charge in [0.15, 0.2) is 0 Å². The van der Waals surface area contributed by atoms with E-state index >= 15 is 0 Å². The van der Waals surface area contributed by atoms with Gasteiger partial charge in [0.2, 0.25) is 0 Å². The molecule has 1 aliphatic heterocycles. The Morgan fingerprint density at radius 1 is 0.769 bits per heavy atom. The second-order valence-corrected chi connectivity index (χ2v) is 3.22. The molecule has 1 aliphatic rings. The second kappa shape index (κ2) is 4.32. The summed E-state index contributed by atoms with van der Waals surface area (Å²) >= 11 is 0. The van der Waals surface area contributed by atoms with E-state index in [1.165, 1.54) is 0 Å². The molecule has 78 valence electrons. The fraction of sp³-hybridized carbons (Fsp3) is 1.00. The molecule has 0 saturated carbocycles. The van der Waals surface area contributed by atoms with Crippen molar-refractivity contribution in [3.8, 4) is 0 Å². The molecule has 0 aromatic carbocycles. The molecule has 0 amide bonds. The largest absolute Gasteiger partial charge is 0.395 e. The van der Waals surface area contributed by atoms with E-state index in [-0.39, 0.29) is 13.2 Å². The highest BCUT2D eigenvalue weighted by Crippen LogP contribution is 2.14. The Bertz CT molecular complexity index is 147. The summed E-state index contributed by atoms with van der Waals surface area (Å²) in [6.45, 7) is -0.719. The van der Waals surface area contributed by atoms with E-state index in [0.717, 1.165) is 0 Å². The Morgan fingerprint density at radius 2 is 1.15 bits per heavy atom. The molecule has 6 nitrogen and oxygen atoms in total. The Hall–Kier alpha value is -0.240. The van der Waals surface area contributed by atoms with Gasteiger partial charge in [0.05, 0.1) is 37.5 Å². The van der Waals surface area contributed by atoms with Gasteiger partial charge < -0.3 is 30.8 Å². The van der Waals surface area contributed by atoms with Crippen LogP contribution in [0.15, 0.2) is 0 Å². The standard InChI is InChI=1S/C7H15NO5/c9-1-3-5(11)7(13)6(12)4(2-10)8-3/h3-13H,1-2H2/t3-,4-,5-,6+,7-/m1/s1. The molecule has 0 radical (unpaired) electrons. The summed E-state index contributed by atoms with van der Waals surface area (Å²) in [6.07, 6.45) is -3.78. The van der Waals surface area contributed by atoms with Gasteiger partial charge in [0.1, 0.15) is 6.10 Å². The van der Waals surface area contributed by atoms with Gasteiger partial charge in [-0.25, -0.2) is 0 Å². The average molecular weight is 193 g/mol. The Kier molecular flexibility index (Phi) is 3.60. The molecule has 13 heavy (non-hydrogen) atoms. The third-order valence-corrected chi connectivity index (χ3v) is 2.35.